The van der Waals surface area contributed by atoms with Crippen molar-refractivity contribution in [3.05, 3.63) is 35.9 Å². The molecule has 1 fully saturated rings. The number of amides is 1. The van der Waals surface area contributed by atoms with E-state index in [1.807, 2.05) is 20.8 Å². The highest BCUT2D eigenvalue weighted by atomic mass is 16.7. The standard InChI is InChI=1S/C19H30N2O2/c1-16(18-8-6-5-7-9-18)20-12-10-17(14-20)11-13-21(15-22)23-19(2,3)4/h5-9,15-17H,10-14H2,1-4H3/t16-,17+/m1/s1. The summed E-state index contributed by atoms with van der Waals surface area (Å²) in [5.41, 5.74) is 1.04. The second-order valence-electron chi connectivity index (χ2n) is 7.47. The number of benzene rings is 1. The van der Waals surface area contributed by atoms with Gasteiger partial charge in [-0.15, -0.1) is 0 Å². The fraction of sp³-hybridized carbons (Fsp3) is 0.632. The molecule has 128 valence electrons. The van der Waals surface area contributed by atoms with Gasteiger partial charge in [0.2, 0.25) is 6.41 Å². The van der Waals surface area contributed by atoms with Gasteiger partial charge in [-0.3, -0.25) is 14.5 Å². The molecule has 2 rings (SSSR count). The summed E-state index contributed by atoms with van der Waals surface area (Å²) >= 11 is 0. The summed E-state index contributed by atoms with van der Waals surface area (Å²) in [6.45, 7) is 11.0. The van der Waals surface area contributed by atoms with E-state index in [0.717, 1.165) is 25.9 Å². The van der Waals surface area contributed by atoms with Crippen molar-refractivity contribution in [3.63, 3.8) is 0 Å². The van der Waals surface area contributed by atoms with Crippen LogP contribution in [0.1, 0.15) is 52.1 Å². The van der Waals surface area contributed by atoms with E-state index in [9.17, 15) is 4.79 Å². The van der Waals surface area contributed by atoms with E-state index < -0.39 is 0 Å². The van der Waals surface area contributed by atoms with E-state index in [1.54, 1.807) is 0 Å². The topological polar surface area (TPSA) is 32.8 Å². The molecule has 4 nitrogen and oxygen atoms in total. The minimum Gasteiger partial charge on any atom is -0.296 e. The van der Waals surface area contributed by atoms with Crippen LogP contribution in [0, 0.1) is 5.92 Å². The van der Waals surface area contributed by atoms with E-state index in [0.29, 0.717) is 18.5 Å². The molecule has 1 aromatic rings. The van der Waals surface area contributed by atoms with Crippen LogP contribution in [0.15, 0.2) is 30.3 Å². The van der Waals surface area contributed by atoms with E-state index in [4.69, 9.17) is 4.84 Å². The Morgan fingerprint density at radius 2 is 2.04 bits per heavy atom. The fourth-order valence-corrected chi connectivity index (χ4v) is 3.17. The Balaban J connectivity index is 1.80. The highest BCUT2D eigenvalue weighted by molar-refractivity contribution is 5.44. The van der Waals surface area contributed by atoms with Crippen molar-refractivity contribution in [1.29, 1.82) is 0 Å². The monoisotopic (exact) mass is 318 g/mol. The van der Waals surface area contributed by atoms with Crippen molar-refractivity contribution < 1.29 is 9.63 Å². The molecule has 0 N–H and O–H groups in total. The van der Waals surface area contributed by atoms with Crippen LogP contribution in [0.25, 0.3) is 0 Å². The minimum absolute atomic E-state index is 0.329. The predicted molar refractivity (Wildman–Crippen MR) is 92.8 cm³/mol. The molecule has 0 aromatic heterocycles. The van der Waals surface area contributed by atoms with Crippen molar-refractivity contribution in [2.75, 3.05) is 19.6 Å². The summed E-state index contributed by atoms with van der Waals surface area (Å²) in [7, 11) is 0. The normalized spacial score (nSPS) is 20.4. The lowest BCUT2D eigenvalue weighted by Gasteiger charge is -2.28. The minimum atomic E-state index is -0.329. The van der Waals surface area contributed by atoms with Gasteiger partial charge in [0.25, 0.3) is 0 Å². The molecular formula is C19H30N2O2. The van der Waals surface area contributed by atoms with Crippen molar-refractivity contribution in [2.24, 2.45) is 5.92 Å². The Hall–Kier alpha value is -1.39. The lowest BCUT2D eigenvalue weighted by Crippen LogP contribution is -2.34. The zero-order valence-electron chi connectivity index (χ0n) is 14.9. The maximum Gasteiger partial charge on any atom is 0.233 e. The molecule has 1 aromatic carbocycles. The van der Waals surface area contributed by atoms with Crippen LogP contribution in [0.5, 0.6) is 0 Å². The van der Waals surface area contributed by atoms with E-state index in [-0.39, 0.29) is 5.60 Å². The molecule has 1 amide bonds. The number of carbonyl (C=O) groups excluding carboxylic acids is 1. The SMILES string of the molecule is C[C@H](c1ccccc1)N1CC[C@@H](CCN(C=O)OC(C)(C)C)C1. The first kappa shape index (κ1) is 18.0. The summed E-state index contributed by atoms with van der Waals surface area (Å²) in [6, 6.07) is 11.1. The van der Waals surface area contributed by atoms with Gasteiger partial charge in [0.1, 0.15) is 0 Å². The van der Waals surface area contributed by atoms with Gasteiger partial charge in [0, 0.05) is 19.1 Å². The molecule has 1 aliphatic rings. The second-order valence-corrected chi connectivity index (χ2v) is 7.47. The molecule has 4 heteroatoms. The maximum atomic E-state index is 11.1. The van der Waals surface area contributed by atoms with Gasteiger partial charge in [-0.1, -0.05) is 30.3 Å². The smallest absolute Gasteiger partial charge is 0.233 e. The Kier molecular flexibility index (Phi) is 6.19. The summed E-state index contributed by atoms with van der Waals surface area (Å²) in [4.78, 5) is 19.3. The summed E-state index contributed by atoms with van der Waals surface area (Å²) < 4.78 is 0. The van der Waals surface area contributed by atoms with Gasteiger partial charge in [-0.05, 0) is 58.6 Å². The van der Waals surface area contributed by atoms with Gasteiger partial charge in [0.05, 0.1) is 5.60 Å². The van der Waals surface area contributed by atoms with E-state index in [1.165, 1.54) is 17.0 Å². The van der Waals surface area contributed by atoms with Gasteiger partial charge in [0.15, 0.2) is 0 Å². The molecule has 1 heterocycles. The van der Waals surface area contributed by atoms with Gasteiger partial charge < -0.3 is 0 Å². The summed E-state index contributed by atoms with van der Waals surface area (Å²) in [5.74, 6) is 0.632. The summed E-state index contributed by atoms with van der Waals surface area (Å²) in [6.07, 6.45) is 2.98. The third-order valence-electron chi connectivity index (χ3n) is 4.41. The first-order valence-corrected chi connectivity index (χ1v) is 8.59. The number of hydroxylamine groups is 2. The zero-order valence-corrected chi connectivity index (χ0v) is 14.9. The highest BCUT2D eigenvalue weighted by Gasteiger charge is 2.27. The molecule has 0 aliphatic carbocycles. The molecule has 0 saturated carbocycles. The van der Waals surface area contributed by atoms with Crippen molar-refractivity contribution in [2.45, 2.75) is 52.2 Å². The Morgan fingerprint density at radius 3 is 2.65 bits per heavy atom. The number of nitrogens with zero attached hydrogens (tertiary/aromatic N) is 2. The van der Waals surface area contributed by atoms with Crippen LogP contribution in [-0.4, -0.2) is 41.6 Å². The molecule has 1 saturated heterocycles. The molecule has 23 heavy (non-hydrogen) atoms. The van der Waals surface area contributed by atoms with Gasteiger partial charge in [-0.25, -0.2) is 5.06 Å². The number of likely N-dealkylation sites (tertiary alicyclic amines) is 1. The number of hydrogen-bond donors (Lipinski definition) is 0. The first-order valence-electron chi connectivity index (χ1n) is 8.59. The summed E-state index contributed by atoms with van der Waals surface area (Å²) in [5, 5.41) is 1.45. The number of rotatable bonds is 7. The Morgan fingerprint density at radius 1 is 1.35 bits per heavy atom. The highest BCUT2D eigenvalue weighted by Crippen LogP contribution is 2.28. The molecule has 1 aliphatic heterocycles. The molecular weight excluding hydrogens is 288 g/mol. The Bertz CT molecular complexity index is 484. The largest absolute Gasteiger partial charge is 0.296 e. The third kappa shape index (κ3) is 5.63. The quantitative estimate of drug-likeness (QED) is 0.568. The number of hydrogen-bond acceptors (Lipinski definition) is 3. The van der Waals surface area contributed by atoms with Crippen molar-refractivity contribution >= 4 is 6.41 Å². The fourth-order valence-electron chi connectivity index (χ4n) is 3.17. The van der Waals surface area contributed by atoms with Gasteiger partial charge in [-0.2, -0.15) is 0 Å². The van der Waals surface area contributed by atoms with Crippen molar-refractivity contribution in [3.8, 4) is 0 Å². The molecule has 2 atom stereocenters. The van der Waals surface area contributed by atoms with E-state index in [2.05, 4.69) is 42.2 Å². The van der Waals surface area contributed by atoms with Crippen LogP contribution in [0.3, 0.4) is 0 Å². The maximum absolute atomic E-state index is 11.1. The van der Waals surface area contributed by atoms with E-state index >= 15 is 0 Å². The van der Waals surface area contributed by atoms with Crippen LogP contribution >= 0.6 is 0 Å². The molecule has 0 bridgehead atoms. The lowest BCUT2D eigenvalue weighted by atomic mass is 10.0. The number of carbonyl (C=O) groups is 1. The van der Waals surface area contributed by atoms with Crippen LogP contribution < -0.4 is 0 Å². The van der Waals surface area contributed by atoms with Crippen LogP contribution in [0.4, 0.5) is 0 Å². The second kappa shape index (κ2) is 7.93. The van der Waals surface area contributed by atoms with Crippen molar-refractivity contribution in [1.82, 2.24) is 9.96 Å². The third-order valence-corrected chi connectivity index (χ3v) is 4.41. The Labute approximate surface area is 140 Å². The van der Waals surface area contributed by atoms with Crippen LogP contribution in [0.2, 0.25) is 0 Å². The van der Waals surface area contributed by atoms with Crippen LogP contribution in [-0.2, 0) is 9.63 Å². The van der Waals surface area contributed by atoms with Gasteiger partial charge >= 0.3 is 0 Å². The molecule has 0 unspecified atom stereocenters. The lowest BCUT2D eigenvalue weighted by molar-refractivity contribution is -0.216. The molecule has 0 radical (unpaired) electrons. The average molecular weight is 318 g/mol. The molecule has 0 spiro atoms. The first-order chi connectivity index (χ1) is 10.9. The average Bonchev–Trinajstić information content (AvgIpc) is 2.99. The zero-order chi connectivity index (χ0) is 16.9. The predicted octanol–water partition coefficient (Wildman–Crippen LogP) is 3.65.